The Hall–Kier alpha value is -1.64. The van der Waals surface area contributed by atoms with Gasteiger partial charge in [0.1, 0.15) is 0 Å². The fourth-order valence-electron chi connectivity index (χ4n) is 2.40. The molecule has 3 N–H and O–H groups in total. The molecule has 2 aromatic carbocycles. The first-order chi connectivity index (χ1) is 9.75. The van der Waals surface area contributed by atoms with Crippen LogP contribution in [-0.4, -0.2) is 18.6 Å². The van der Waals surface area contributed by atoms with Gasteiger partial charge in [-0.2, -0.15) is 0 Å². The molecule has 0 aromatic heterocycles. The molecule has 2 heteroatoms. The van der Waals surface area contributed by atoms with Gasteiger partial charge in [-0.05, 0) is 42.5 Å². The van der Waals surface area contributed by atoms with Gasteiger partial charge in [0.2, 0.25) is 0 Å². The minimum atomic E-state index is 0.108. The van der Waals surface area contributed by atoms with E-state index in [1.807, 2.05) is 6.07 Å². The van der Waals surface area contributed by atoms with Crippen molar-refractivity contribution in [2.24, 2.45) is 5.73 Å². The fourth-order valence-corrected chi connectivity index (χ4v) is 2.40. The van der Waals surface area contributed by atoms with E-state index in [4.69, 9.17) is 5.73 Å². The summed E-state index contributed by atoms with van der Waals surface area (Å²) in [6.45, 7) is 1.96. The van der Waals surface area contributed by atoms with Gasteiger partial charge in [-0.3, -0.25) is 0 Å². The van der Waals surface area contributed by atoms with E-state index >= 15 is 0 Å². The summed E-state index contributed by atoms with van der Waals surface area (Å²) >= 11 is 0. The summed E-state index contributed by atoms with van der Waals surface area (Å²) in [5.41, 5.74) is 10.1. The monoisotopic (exact) mass is 266 g/mol. The van der Waals surface area contributed by atoms with Gasteiger partial charge in [-0.1, -0.05) is 54.6 Å². The van der Waals surface area contributed by atoms with Gasteiger partial charge in [0.05, 0.1) is 0 Å². The molecule has 0 atom stereocenters. The van der Waals surface area contributed by atoms with Gasteiger partial charge < -0.3 is 11.1 Å². The van der Waals surface area contributed by atoms with Gasteiger partial charge >= 0.3 is 0 Å². The van der Waals surface area contributed by atoms with Crippen molar-refractivity contribution >= 4 is 0 Å². The van der Waals surface area contributed by atoms with Crippen LogP contribution in [0.3, 0.4) is 0 Å². The van der Waals surface area contributed by atoms with Crippen molar-refractivity contribution in [1.82, 2.24) is 5.32 Å². The summed E-state index contributed by atoms with van der Waals surface area (Å²) in [5.74, 6) is 0. The standard InChI is InChI=1S/C18H22N2/c19-18(11-12-18)14-20-13-10-15-6-8-17(9-7-15)16-4-2-1-3-5-16/h1-9,20H,10-14,19H2. The molecule has 20 heavy (non-hydrogen) atoms. The lowest BCUT2D eigenvalue weighted by Crippen LogP contribution is -2.36. The van der Waals surface area contributed by atoms with Gasteiger partial charge in [0.25, 0.3) is 0 Å². The highest BCUT2D eigenvalue weighted by Crippen LogP contribution is 2.30. The Morgan fingerprint density at radius 3 is 2.20 bits per heavy atom. The number of hydrogen-bond acceptors (Lipinski definition) is 2. The van der Waals surface area contributed by atoms with Crippen LogP contribution in [0.1, 0.15) is 18.4 Å². The zero-order chi connectivity index (χ0) is 13.8. The zero-order valence-electron chi connectivity index (χ0n) is 11.8. The second-order valence-corrected chi connectivity index (χ2v) is 5.85. The Balaban J connectivity index is 1.51. The van der Waals surface area contributed by atoms with Crippen LogP contribution >= 0.6 is 0 Å². The van der Waals surface area contributed by atoms with Crippen LogP contribution in [0.2, 0.25) is 0 Å². The lowest BCUT2D eigenvalue weighted by Gasteiger charge is -2.10. The third kappa shape index (κ3) is 3.47. The second kappa shape index (κ2) is 5.78. The Labute approximate surface area is 121 Å². The van der Waals surface area contributed by atoms with Crippen molar-refractivity contribution in [3.8, 4) is 11.1 Å². The smallest absolute Gasteiger partial charge is 0.0282 e. The minimum Gasteiger partial charge on any atom is -0.324 e. The third-order valence-corrected chi connectivity index (χ3v) is 4.02. The molecule has 104 valence electrons. The van der Waals surface area contributed by atoms with Gasteiger partial charge in [0.15, 0.2) is 0 Å². The molecule has 1 saturated carbocycles. The maximum atomic E-state index is 6.05. The molecular formula is C18H22N2. The largest absolute Gasteiger partial charge is 0.324 e. The van der Waals surface area contributed by atoms with Crippen molar-refractivity contribution in [3.63, 3.8) is 0 Å². The lowest BCUT2D eigenvalue weighted by atomic mass is 10.0. The van der Waals surface area contributed by atoms with Crippen LogP contribution in [0.25, 0.3) is 11.1 Å². The Bertz CT molecular complexity index is 541. The van der Waals surface area contributed by atoms with E-state index in [1.165, 1.54) is 29.5 Å². The summed E-state index contributed by atoms with van der Waals surface area (Å²) in [7, 11) is 0. The van der Waals surface area contributed by atoms with Crippen LogP contribution in [0.4, 0.5) is 0 Å². The summed E-state index contributed by atoms with van der Waals surface area (Å²) in [6, 6.07) is 19.3. The molecule has 1 fully saturated rings. The molecule has 1 aliphatic rings. The first kappa shape index (κ1) is 13.3. The molecule has 0 amide bonds. The quantitative estimate of drug-likeness (QED) is 0.789. The van der Waals surface area contributed by atoms with E-state index in [0.717, 1.165) is 19.5 Å². The molecule has 0 aliphatic heterocycles. The number of nitrogens with one attached hydrogen (secondary N) is 1. The maximum absolute atomic E-state index is 6.05. The number of rotatable bonds is 6. The number of nitrogens with two attached hydrogens (primary N) is 1. The van der Waals surface area contributed by atoms with E-state index < -0.39 is 0 Å². The van der Waals surface area contributed by atoms with Crippen molar-refractivity contribution in [2.75, 3.05) is 13.1 Å². The van der Waals surface area contributed by atoms with Crippen LogP contribution < -0.4 is 11.1 Å². The minimum absolute atomic E-state index is 0.108. The molecule has 0 radical (unpaired) electrons. The maximum Gasteiger partial charge on any atom is 0.0282 e. The fraction of sp³-hybridized carbons (Fsp3) is 0.333. The average molecular weight is 266 g/mol. The van der Waals surface area contributed by atoms with Gasteiger partial charge in [-0.25, -0.2) is 0 Å². The number of benzene rings is 2. The van der Waals surface area contributed by atoms with Crippen LogP contribution in [-0.2, 0) is 6.42 Å². The molecule has 0 bridgehead atoms. The highest BCUT2D eigenvalue weighted by atomic mass is 15.0. The Morgan fingerprint density at radius 2 is 1.55 bits per heavy atom. The van der Waals surface area contributed by atoms with Crippen LogP contribution in [0, 0.1) is 0 Å². The highest BCUT2D eigenvalue weighted by molar-refractivity contribution is 5.63. The molecule has 3 rings (SSSR count). The Morgan fingerprint density at radius 1 is 0.900 bits per heavy atom. The van der Waals surface area contributed by atoms with Crippen molar-refractivity contribution in [2.45, 2.75) is 24.8 Å². The molecule has 0 heterocycles. The predicted molar refractivity (Wildman–Crippen MR) is 84.6 cm³/mol. The number of hydrogen-bond donors (Lipinski definition) is 2. The SMILES string of the molecule is NC1(CNCCc2ccc(-c3ccccc3)cc2)CC1. The summed E-state index contributed by atoms with van der Waals surface area (Å²) in [4.78, 5) is 0. The van der Waals surface area contributed by atoms with Gasteiger partial charge in [0, 0.05) is 12.1 Å². The van der Waals surface area contributed by atoms with Crippen LogP contribution in [0.15, 0.2) is 54.6 Å². The molecule has 2 aromatic rings. The summed E-state index contributed by atoms with van der Waals surface area (Å²) in [5, 5.41) is 3.46. The topological polar surface area (TPSA) is 38.0 Å². The second-order valence-electron chi connectivity index (χ2n) is 5.85. The van der Waals surface area contributed by atoms with E-state index in [-0.39, 0.29) is 5.54 Å². The third-order valence-electron chi connectivity index (χ3n) is 4.02. The molecule has 0 spiro atoms. The first-order valence-corrected chi connectivity index (χ1v) is 7.39. The van der Waals surface area contributed by atoms with E-state index in [2.05, 4.69) is 53.8 Å². The lowest BCUT2D eigenvalue weighted by molar-refractivity contribution is 0.571. The summed E-state index contributed by atoms with van der Waals surface area (Å²) in [6.07, 6.45) is 3.41. The molecule has 0 unspecified atom stereocenters. The molecule has 1 aliphatic carbocycles. The van der Waals surface area contributed by atoms with Crippen molar-refractivity contribution < 1.29 is 0 Å². The first-order valence-electron chi connectivity index (χ1n) is 7.39. The predicted octanol–water partition coefficient (Wildman–Crippen LogP) is 2.98. The Kier molecular flexibility index (Phi) is 3.86. The zero-order valence-corrected chi connectivity index (χ0v) is 11.8. The van der Waals surface area contributed by atoms with Crippen molar-refractivity contribution in [1.29, 1.82) is 0 Å². The average Bonchev–Trinajstić information content (AvgIpc) is 3.23. The highest BCUT2D eigenvalue weighted by Gasteiger charge is 2.37. The van der Waals surface area contributed by atoms with Crippen molar-refractivity contribution in [3.05, 3.63) is 60.2 Å². The molecule has 0 saturated heterocycles. The molecular weight excluding hydrogens is 244 g/mol. The normalized spacial score (nSPS) is 16.1. The van der Waals surface area contributed by atoms with E-state index in [0.29, 0.717) is 0 Å². The van der Waals surface area contributed by atoms with Crippen LogP contribution in [0.5, 0.6) is 0 Å². The molecule has 2 nitrogen and oxygen atoms in total. The van der Waals surface area contributed by atoms with E-state index in [1.54, 1.807) is 0 Å². The van der Waals surface area contributed by atoms with E-state index in [9.17, 15) is 0 Å². The van der Waals surface area contributed by atoms with Gasteiger partial charge in [-0.15, -0.1) is 0 Å². The summed E-state index contributed by atoms with van der Waals surface area (Å²) < 4.78 is 0.